The molecule has 0 rings (SSSR count). The van der Waals surface area contributed by atoms with Gasteiger partial charge in [0.05, 0.1) is 6.54 Å². The van der Waals surface area contributed by atoms with Crippen molar-refractivity contribution in [2.45, 2.75) is 52.1 Å². The second-order valence-corrected chi connectivity index (χ2v) is 4.57. The fourth-order valence-electron chi connectivity index (χ4n) is 1.50. The summed E-state index contributed by atoms with van der Waals surface area (Å²) in [5.41, 5.74) is 0. The first-order chi connectivity index (χ1) is 8.06. The summed E-state index contributed by atoms with van der Waals surface area (Å²) in [5.74, 6) is -0.134. The summed E-state index contributed by atoms with van der Waals surface area (Å²) in [7, 11) is 0. The molecule has 0 aliphatic rings. The molecule has 0 saturated heterocycles. The Kier molecular flexibility index (Phi) is 9.43. The first-order valence-corrected chi connectivity index (χ1v) is 6.26. The van der Waals surface area contributed by atoms with Gasteiger partial charge in [0.2, 0.25) is 12.3 Å². The van der Waals surface area contributed by atoms with Crippen LogP contribution in [-0.2, 0) is 9.59 Å². The van der Waals surface area contributed by atoms with Crippen molar-refractivity contribution in [1.82, 2.24) is 16.0 Å². The lowest BCUT2D eigenvalue weighted by molar-refractivity contribution is -0.122. The van der Waals surface area contributed by atoms with Gasteiger partial charge in [0, 0.05) is 12.1 Å². The van der Waals surface area contributed by atoms with Crippen molar-refractivity contribution >= 4 is 12.3 Å². The molecular formula is C12H25N3O2. The van der Waals surface area contributed by atoms with Crippen LogP contribution in [0.5, 0.6) is 0 Å². The number of unbranched alkanes of at least 4 members (excludes halogenated alkanes) is 1. The Hall–Kier alpha value is -1.10. The number of carbonyl (C=O) groups excluding carboxylic acids is 2. The molecule has 2 amide bonds. The maximum atomic E-state index is 11.2. The quantitative estimate of drug-likeness (QED) is 0.384. The molecule has 0 spiro atoms. The van der Waals surface area contributed by atoms with Crippen LogP contribution in [0.15, 0.2) is 0 Å². The van der Waals surface area contributed by atoms with E-state index in [1.165, 1.54) is 0 Å². The minimum Gasteiger partial charge on any atom is -0.352 e. The van der Waals surface area contributed by atoms with Gasteiger partial charge in [-0.25, -0.2) is 0 Å². The fourth-order valence-corrected chi connectivity index (χ4v) is 1.50. The average molecular weight is 243 g/mol. The molecule has 0 aliphatic heterocycles. The van der Waals surface area contributed by atoms with Gasteiger partial charge in [0.1, 0.15) is 0 Å². The van der Waals surface area contributed by atoms with E-state index in [-0.39, 0.29) is 18.5 Å². The molecule has 0 aliphatic carbocycles. The third-order valence-electron chi connectivity index (χ3n) is 2.37. The van der Waals surface area contributed by atoms with Crippen molar-refractivity contribution in [2.75, 3.05) is 13.1 Å². The van der Waals surface area contributed by atoms with Crippen molar-refractivity contribution in [3.63, 3.8) is 0 Å². The maximum absolute atomic E-state index is 11.2. The lowest BCUT2D eigenvalue weighted by Gasteiger charge is -2.14. The van der Waals surface area contributed by atoms with Crippen LogP contribution < -0.4 is 16.0 Å². The van der Waals surface area contributed by atoms with Crippen molar-refractivity contribution in [1.29, 1.82) is 0 Å². The van der Waals surface area contributed by atoms with Gasteiger partial charge in [-0.3, -0.25) is 9.59 Å². The SMILES string of the molecule is CC(C)NCCCCC(C)NC(=O)CNC=O. The van der Waals surface area contributed by atoms with E-state index in [2.05, 4.69) is 29.8 Å². The van der Waals surface area contributed by atoms with E-state index in [4.69, 9.17) is 0 Å². The van der Waals surface area contributed by atoms with Gasteiger partial charge in [-0.15, -0.1) is 0 Å². The van der Waals surface area contributed by atoms with Crippen LogP contribution in [0.4, 0.5) is 0 Å². The molecule has 0 aromatic rings. The van der Waals surface area contributed by atoms with Crippen LogP contribution in [0.3, 0.4) is 0 Å². The number of nitrogens with one attached hydrogen (secondary N) is 3. The number of hydrogen-bond acceptors (Lipinski definition) is 3. The van der Waals surface area contributed by atoms with E-state index in [1.807, 2.05) is 6.92 Å². The van der Waals surface area contributed by atoms with Gasteiger partial charge in [-0.1, -0.05) is 20.3 Å². The van der Waals surface area contributed by atoms with Gasteiger partial charge < -0.3 is 16.0 Å². The van der Waals surface area contributed by atoms with Gasteiger partial charge in [-0.05, 0) is 26.3 Å². The topological polar surface area (TPSA) is 70.2 Å². The Labute approximate surface area is 104 Å². The van der Waals surface area contributed by atoms with Crippen molar-refractivity contribution in [3.8, 4) is 0 Å². The minimum atomic E-state index is -0.134. The number of rotatable bonds is 10. The van der Waals surface area contributed by atoms with E-state index in [9.17, 15) is 9.59 Å². The molecule has 1 unspecified atom stereocenters. The average Bonchev–Trinajstić information content (AvgIpc) is 2.25. The summed E-state index contributed by atoms with van der Waals surface area (Å²) < 4.78 is 0. The number of hydrogen-bond donors (Lipinski definition) is 3. The molecule has 0 bridgehead atoms. The van der Waals surface area contributed by atoms with Crippen LogP contribution in [0.2, 0.25) is 0 Å². The molecule has 0 fully saturated rings. The fraction of sp³-hybridized carbons (Fsp3) is 0.833. The van der Waals surface area contributed by atoms with Gasteiger partial charge >= 0.3 is 0 Å². The predicted octanol–water partition coefficient (Wildman–Crippen LogP) is 0.405. The highest BCUT2D eigenvalue weighted by atomic mass is 16.2. The van der Waals surface area contributed by atoms with Gasteiger partial charge in [0.25, 0.3) is 0 Å². The van der Waals surface area contributed by atoms with E-state index >= 15 is 0 Å². The van der Waals surface area contributed by atoms with Gasteiger partial charge in [-0.2, -0.15) is 0 Å². The normalized spacial score (nSPS) is 12.2. The second kappa shape index (κ2) is 10.1. The summed E-state index contributed by atoms with van der Waals surface area (Å²) in [6.45, 7) is 7.31. The standard InChI is InChI=1S/C12H25N3O2/c1-10(2)14-7-5-4-6-11(3)15-12(17)8-13-9-16/h9-11,14H,4-8H2,1-3H3,(H,13,16)(H,15,17). The lowest BCUT2D eigenvalue weighted by atomic mass is 10.1. The highest BCUT2D eigenvalue weighted by Crippen LogP contribution is 1.99. The third kappa shape index (κ3) is 11.2. The zero-order valence-corrected chi connectivity index (χ0v) is 11.1. The Morgan fingerprint density at radius 3 is 2.53 bits per heavy atom. The molecule has 0 heterocycles. The van der Waals surface area contributed by atoms with Crippen LogP contribution in [0.25, 0.3) is 0 Å². The number of amides is 2. The van der Waals surface area contributed by atoms with Crippen LogP contribution in [0.1, 0.15) is 40.0 Å². The predicted molar refractivity (Wildman–Crippen MR) is 68.7 cm³/mol. The van der Waals surface area contributed by atoms with Crippen LogP contribution in [-0.4, -0.2) is 37.5 Å². The van der Waals surface area contributed by atoms with Crippen molar-refractivity contribution < 1.29 is 9.59 Å². The molecule has 0 saturated carbocycles. The van der Waals surface area contributed by atoms with E-state index in [0.717, 1.165) is 25.8 Å². The molecule has 1 atom stereocenters. The Bertz CT molecular complexity index is 220. The molecule has 100 valence electrons. The lowest BCUT2D eigenvalue weighted by Crippen LogP contribution is -2.38. The van der Waals surface area contributed by atoms with E-state index < -0.39 is 0 Å². The summed E-state index contributed by atoms with van der Waals surface area (Å²) >= 11 is 0. The van der Waals surface area contributed by atoms with E-state index in [0.29, 0.717) is 12.5 Å². The Morgan fingerprint density at radius 2 is 1.94 bits per heavy atom. The molecule has 3 N–H and O–H groups in total. The molecule has 5 heteroatoms. The molecule has 0 aromatic heterocycles. The first-order valence-electron chi connectivity index (χ1n) is 6.26. The molecule has 5 nitrogen and oxygen atoms in total. The smallest absolute Gasteiger partial charge is 0.239 e. The Morgan fingerprint density at radius 1 is 1.24 bits per heavy atom. The largest absolute Gasteiger partial charge is 0.352 e. The van der Waals surface area contributed by atoms with Crippen LogP contribution in [0, 0.1) is 0 Å². The second-order valence-electron chi connectivity index (χ2n) is 4.57. The van der Waals surface area contributed by atoms with Crippen molar-refractivity contribution in [2.24, 2.45) is 0 Å². The molecule has 0 radical (unpaired) electrons. The summed E-state index contributed by atoms with van der Waals surface area (Å²) in [4.78, 5) is 21.2. The summed E-state index contributed by atoms with van der Waals surface area (Å²) in [5, 5.41) is 8.52. The highest BCUT2D eigenvalue weighted by molar-refractivity contribution is 5.79. The monoisotopic (exact) mass is 243 g/mol. The first kappa shape index (κ1) is 15.9. The molecule has 17 heavy (non-hydrogen) atoms. The summed E-state index contributed by atoms with van der Waals surface area (Å²) in [6, 6.07) is 0.691. The van der Waals surface area contributed by atoms with Crippen molar-refractivity contribution in [3.05, 3.63) is 0 Å². The maximum Gasteiger partial charge on any atom is 0.239 e. The van der Waals surface area contributed by atoms with E-state index in [1.54, 1.807) is 0 Å². The Balaban J connectivity index is 3.42. The number of carbonyl (C=O) groups is 2. The molecule has 0 aromatic carbocycles. The zero-order valence-electron chi connectivity index (χ0n) is 11.1. The third-order valence-corrected chi connectivity index (χ3v) is 2.37. The minimum absolute atomic E-state index is 0.0583. The summed E-state index contributed by atoms with van der Waals surface area (Å²) in [6.07, 6.45) is 3.70. The molecular weight excluding hydrogens is 218 g/mol. The van der Waals surface area contributed by atoms with Crippen LogP contribution >= 0.6 is 0 Å². The zero-order chi connectivity index (χ0) is 13.1. The highest BCUT2D eigenvalue weighted by Gasteiger charge is 2.06. The van der Waals surface area contributed by atoms with Gasteiger partial charge in [0.15, 0.2) is 0 Å².